The number of nitrogen functional groups attached to an aromatic ring is 1. The third kappa shape index (κ3) is 2.41. The van der Waals surface area contributed by atoms with E-state index in [-0.39, 0.29) is 12.1 Å². The van der Waals surface area contributed by atoms with E-state index in [1.54, 1.807) is 0 Å². The van der Waals surface area contributed by atoms with E-state index >= 15 is 0 Å². The summed E-state index contributed by atoms with van der Waals surface area (Å²) in [5, 5.41) is 14.2. The standard InChI is InChI=1S/C15H20N4O/c16-11-4-5-12-13(8-11)17-10-18-14(12)19-15(9-20)6-2-1-3-7-15/h4-5,8,10,20H,1-3,6-7,9,16H2,(H,17,18,19). The quantitative estimate of drug-likeness (QED) is 0.747. The minimum atomic E-state index is -0.249. The van der Waals surface area contributed by atoms with Gasteiger partial charge in [-0.2, -0.15) is 0 Å². The molecule has 1 aliphatic rings. The van der Waals surface area contributed by atoms with E-state index in [9.17, 15) is 5.11 Å². The van der Waals surface area contributed by atoms with Crippen LogP contribution in [0.5, 0.6) is 0 Å². The Kier molecular flexibility index (Phi) is 3.44. The summed E-state index contributed by atoms with van der Waals surface area (Å²) in [4.78, 5) is 8.60. The molecule has 3 rings (SSSR count). The summed E-state index contributed by atoms with van der Waals surface area (Å²) in [5.41, 5.74) is 7.06. The molecule has 0 aliphatic heterocycles. The number of hydrogen-bond acceptors (Lipinski definition) is 5. The first-order chi connectivity index (χ1) is 9.72. The molecular formula is C15H20N4O. The lowest BCUT2D eigenvalue weighted by Gasteiger charge is -2.37. The number of nitrogens with zero attached hydrogens (tertiary/aromatic N) is 2. The van der Waals surface area contributed by atoms with Gasteiger partial charge < -0.3 is 16.2 Å². The number of anilines is 2. The Balaban J connectivity index is 1.97. The normalized spacial score (nSPS) is 18.1. The number of nitrogens with one attached hydrogen (secondary N) is 1. The summed E-state index contributed by atoms with van der Waals surface area (Å²) >= 11 is 0. The fourth-order valence-electron chi connectivity index (χ4n) is 2.98. The molecule has 0 spiro atoms. The fraction of sp³-hybridized carbons (Fsp3) is 0.467. The molecule has 1 saturated carbocycles. The lowest BCUT2D eigenvalue weighted by molar-refractivity contribution is 0.172. The van der Waals surface area contributed by atoms with Gasteiger partial charge in [0.05, 0.1) is 17.7 Å². The number of fused-ring (bicyclic) bond motifs is 1. The number of aromatic nitrogens is 2. The SMILES string of the molecule is Nc1ccc2c(NC3(CO)CCCCC3)ncnc2c1. The zero-order chi connectivity index (χ0) is 14.0. The van der Waals surface area contributed by atoms with Crippen molar-refractivity contribution in [3.63, 3.8) is 0 Å². The minimum absolute atomic E-state index is 0.132. The van der Waals surface area contributed by atoms with Gasteiger partial charge in [-0.15, -0.1) is 0 Å². The number of hydrogen-bond donors (Lipinski definition) is 3. The molecule has 1 aromatic carbocycles. The molecule has 0 radical (unpaired) electrons. The maximum Gasteiger partial charge on any atom is 0.137 e. The van der Waals surface area contributed by atoms with Crippen LogP contribution in [0.4, 0.5) is 11.5 Å². The third-order valence-electron chi connectivity index (χ3n) is 4.16. The van der Waals surface area contributed by atoms with Crippen LogP contribution in [0.15, 0.2) is 24.5 Å². The van der Waals surface area contributed by atoms with Crippen molar-refractivity contribution < 1.29 is 5.11 Å². The molecular weight excluding hydrogens is 252 g/mol. The van der Waals surface area contributed by atoms with Crippen LogP contribution >= 0.6 is 0 Å². The Morgan fingerprint density at radius 2 is 2.00 bits per heavy atom. The number of nitrogens with two attached hydrogens (primary N) is 1. The summed E-state index contributed by atoms with van der Waals surface area (Å²) in [6.45, 7) is 0.132. The van der Waals surface area contributed by atoms with Gasteiger partial charge in [-0.05, 0) is 31.0 Å². The lowest BCUT2D eigenvalue weighted by Crippen LogP contribution is -2.44. The Morgan fingerprint density at radius 3 is 2.75 bits per heavy atom. The second-order valence-corrected chi connectivity index (χ2v) is 5.62. The van der Waals surface area contributed by atoms with E-state index in [1.807, 2.05) is 18.2 Å². The van der Waals surface area contributed by atoms with Crippen molar-refractivity contribution in [3.05, 3.63) is 24.5 Å². The highest BCUT2D eigenvalue weighted by Crippen LogP contribution is 2.32. The number of aliphatic hydroxyl groups is 1. The van der Waals surface area contributed by atoms with Gasteiger partial charge in [-0.3, -0.25) is 0 Å². The molecule has 2 aromatic rings. The van der Waals surface area contributed by atoms with E-state index < -0.39 is 0 Å². The smallest absolute Gasteiger partial charge is 0.137 e. The van der Waals surface area contributed by atoms with Crippen molar-refractivity contribution in [2.45, 2.75) is 37.6 Å². The Labute approximate surface area is 118 Å². The number of benzene rings is 1. The van der Waals surface area contributed by atoms with Crippen molar-refractivity contribution >= 4 is 22.4 Å². The van der Waals surface area contributed by atoms with Crippen LogP contribution in [0, 0.1) is 0 Å². The molecule has 0 unspecified atom stereocenters. The van der Waals surface area contributed by atoms with Crippen molar-refractivity contribution in [1.82, 2.24) is 9.97 Å². The second-order valence-electron chi connectivity index (χ2n) is 5.62. The highest BCUT2D eigenvalue weighted by Gasteiger charge is 2.31. The zero-order valence-corrected chi connectivity index (χ0v) is 11.5. The zero-order valence-electron chi connectivity index (χ0n) is 11.5. The molecule has 1 heterocycles. The maximum absolute atomic E-state index is 9.79. The number of rotatable bonds is 3. The highest BCUT2D eigenvalue weighted by molar-refractivity contribution is 5.90. The fourth-order valence-corrected chi connectivity index (χ4v) is 2.98. The first-order valence-electron chi connectivity index (χ1n) is 7.12. The second kappa shape index (κ2) is 5.25. The van der Waals surface area contributed by atoms with Gasteiger partial charge in [0.25, 0.3) is 0 Å². The molecule has 1 aromatic heterocycles. The van der Waals surface area contributed by atoms with Crippen LogP contribution in [0.3, 0.4) is 0 Å². The minimum Gasteiger partial charge on any atom is -0.399 e. The molecule has 0 saturated heterocycles. The molecule has 106 valence electrons. The van der Waals surface area contributed by atoms with E-state index in [1.165, 1.54) is 12.7 Å². The van der Waals surface area contributed by atoms with Crippen molar-refractivity contribution in [2.24, 2.45) is 0 Å². The van der Waals surface area contributed by atoms with Gasteiger partial charge in [-0.1, -0.05) is 19.3 Å². The topological polar surface area (TPSA) is 84.1 Å². The van der Waals surface area contributed by atoms with E-state index in [0.29, 0.717) is 5.69 Å². The molecule has 1 aliphatic carbocycles. The van der Waals surface area contributed by atoms with Gasteiger partial charge in [0, 0.05) is 11.1 Å². The van der Waals surface area contributed by atoms with E-state index in [2.05, 4.69) is 15.3 Å². The predicted octanol–water partition coefficient (Wildman–Crippen LogP) is 2.32. The predicted molar refractivity (Wildman–Crippen MR) is 80.5 cm³/mol. The Morgan fingerprint density at radius 1 is 1.20 bits per heavy atom. The molecule has 4 N–H and O–H groups in total. The number of aliphatic hydroxyl groups excluding tert-OH is 1. The van der Waals surface area contributed by atoms with Crippen LogP contribution in [0.2, 0.25) is 0 Å². The first kappa shape index (κ1) is 13.1. The van der Waals surface area contributed by atoms with Gasteiger partial charge in [-0.25, -0.2) is 9.97 Å². The average Bonchev–Trinajstić information content (AvgIpc) is 2.48. The van der Waals surface area contributed by atoms with Gasteiger partial charge in [0.15, 0.2) is 0 Å². The highest BCUT2D eigenvalue weighted by atomic mass is 16.3. The molecule has 5 heteroatoms. The van der Waals surface area contributed by atoms with Crippen LogP contribution in [0.1, 0.15) is 32.1 Å². The summed E-state index contributed by atoms with van der Waals surface area (Å²) < 4.78 is 0. The average molecular weight is 272 g/mol. The van der Waals surface area contributed by atoms with Crippen LogP contribution < -0.4 is 11.1 Å². The third-order valence-corrected chi connectivity index (χ3v) is 4.16. The summed E-state index contributed by atoms with van der Waals surface area (Å²) in [7, 11) is 0. The monoisotopic (exact) mass is 272 g/mol. The van der Waals surface area contributed by atoms with E-state index in [0.717, 1.165) is 42.4 Å². The van der Waals surface area contributed by atoms with Gasteiger partial charge in [0.2, 0.25) is 0 Å². The first-order valence-corrected chi connectivity index (χ1v) is 7.12. The van der Waals surface area contributed by atoms with Crippen molar-refractivity contribution in [3.8, 4) is 0 Å². The Hall–Kier alpha value is -1.88. The molecule has 20 heavy (non-hydrogen) atoms. The summed E-state index contributed by atoms with van der Waals surface area (Å²) in [6.07, 6.45) is 7.02. The van der Waals surface area contributed by atoms with Gasteiger partial charge in [0.1, 0.15) is 12.1 Å². The maximum atomic E-state index is 9.79. The molecule has 0 atom stereocenters. The van der Waals surface area contributed by atoms with Crippen LogP contribution in [-0.4, -0.2) is 27.2 Å². The van der Waals surface area contributed by atoms with Crippen LogP contribution in [0.25, 0.3) is 10.9 Å². The van der Waals surface area contributed by atoms with Crippen LogP contribution in [-0.2, 0) is 0 Å². The Bertz CT molecular complexity index is 608. The summed E-state index contributed by atoms with van der Waals surface area (Å²) in [5.74, 6) is 0.783. The molecule has 5 nitrogen and oxygen atoms in total. The molecule has 0 bridgehead atoms. The lowest BCUT2D eigenvalue weighted by atomic mass is 9.82. The van der Waals surface area contributed by atoms with Crippen molar-refractivity contribution in [2.75, 3.05) is 17.7 Å². The molecule has 1 fully saturated rings. The largest absolute Gasteiger partial charge is 0.399 e. The summed E-state index contributed by atoms with van der Waals surface area (Å²) in [6, 6.07) is 5.62. The van der Waals surface area contributed by atoms with E-state index in [4.69, 9.17) is 5.73 Å². The van der Waals surface area contributed by atoms with Crippen molar-refractivity contribution in [1.29, 1.82) is 0 Å². The van der Waals surface area contributed by atoms with Gasteiger partial charge >= 0.3 is 0 Å². The molecule has 0 amide bonds.